The summed E-state index contributed by atoms with van der Waals surface area (Å²) < 4.78 is 0. The summed E-state index contributed by atoms with van der Waals surface area (Å²) in [5.74, 6) is 0.116. The van der Waals surface area contributed by atoms with Crippen LogP contribution in [0.5, 0.6) is 0 Å². The van der Waals surface area contributed by atoms with E-state index in [1.807, 2.05) is 45.0 Å². The smallest absolute Gasteiger partial charge is 0.0657 e. The monoisotopic (exact) mass is 198 g/mol. The average molecular weight is 199 g/mol. The van der Waals surface area contributed by atoms with Crippen LogP contribution in [0, 0.1) is 0 Å². The molecular formula is C11H15ClO. The van der Waals surface area contributed by atoms with Gasteiger partial charge >= 0.3 is 0 Å². The molecule has 0 aliphatic rings. The molecule has 0 heterocycles. The molecular weight excluding hydrogens is 184 g/mol. The lowest BCUT2D eigenvalue weighted by Gasteiger charge is -2.26. The molecule has 0 radical (unpaired) electrons. The molecule has 0 bridgehead atoms. The predicted octanol–water partition coefficient (Wildman–Crippen LogP) is 3.21. The van der Waals surface area contributed by atoms with Crippen molar-refractivity contribution in [3.8, 4) is 0 Å². The minimum atomic E-state index is -0.687. The van der Waals surface area contributed by atoms with Gasteiger partial charge in [-0.15, -0.1) is 0 Å². The normalized spacial score (nSPS) is 14.2. The first kappa shape index (κ1) is 10.6. The predicted molar refractivity (Wildman–Crippen MR) is 56.2 cm³/mol. The van der Waals surface area contributed by atoms with Crippen LogP contribution in [0.15, 0.2) is 24.3 Å². The summed E-state index contributed by atoms with van der Waals surface area (Å²) >= 11 is 5.77. The van der Waals surface area contributed by atoms with E-state index < -0.39 is 5.60 Å². The number of aliphatic hydroxyl groups is 1. The fourth-order valence-corrected chi connectivity index (χ4v) is 1.29. The quantitative estimate of drug-likeness (QED) is 0.774. The molecule has 1 unspecified atom stereocenters. The summed E-state index contributed by atoms with van der Waals surface area (Å²) in [7, 11) is 0. The third-order valence-corrected chi connectivity index (χ3v) is 2.68. The molecule has 0 fully saturated rings. The maximum Gasteiger partial charge on any atom is 0.0657 e. The number of hydrogen-bond acceptors (Lipinski definition) is 1. The Balaban J connectivity index is 2.90. The van der Waals surface area contributed by atoms with Gasteiger partial charge in [0.2, 0.25) is 0 Å². The van der Waals surface area contributed by atoms with E-state index in [0.29, 0.717) is 0 Å². The molecule has 1 nitrogen and oxygen atoms in total. The lowest BCUT2D eigenvalue weighted by Crippen LogP contribution is -2.26. The lowest BCUT2D eigenvalue weighted by molar-refractivity contribution is 0.0559. The van der Waals surface area contributed by atoms with E-state index in [2.05, 4.69) is 0 Å². The minimum absolute atomic E-state index is 0.116. The van der Waals surface area contributed by atoms with Gasteiger partial charge in [0.15, 0.2) is 0 Å². The van der Waals surface area contributed by atoms with E-state index in [9.17, 15) is 5.11 Å². The first-order valence-electron chi connectivity index (χ1n) is 4.39. The third-order valence-electron chi connectivity index (χ3n) is 2.43. The van der Waals surface area contributed by atoms with E-state index in [1.54, 1.807) is 0 Å². The molecule has 0 amide bonds. The van der Waals surface area contributed by atoms with Crippen molar-refractivity contribution >= 4 is 11.6 Å². The Labute approximate surface area is 84.4 Å². The van der Waals surface area contributed by atoms with Crippen molar-refractivity contribution in [3.63, 3.8) is 0 Å². The van der Waals surface area contributed by atoms with Gasteiger partial charge in [0.05, 0.1) is 5.60 Å². The molecule has 0 aliphatic carbocycles. The maximum absolute atomic E-state index is 9.78. The van der Waals surface area contributed by atoms with Crippen molar-refractivity contribution in [1.29, 1.82) is 0 Å². The molecule has 1 aromatic carbocycles. The van der Waals surface area contributed by atoms with E-state index in [4.69, 9.17) is 11.6 Å². The molecule has 1 N–H and O–H groups in total. The van der Waals surface area contributed by atoms with Gasteiger partial charge in [-0.1, -0.05) is 30.7 Å². The molecule has 2 heteroatoms. The van der Waals surface area contributed by atoms with Crippen LogP contribution in [0.2, 0.25) is 5.02 Å². The zero-order valence-corrected chi connectivity index (χ0v) is 8.97. The number of hydrogen-bond donors (Lipinski definition) is 1. The summed E-state index contributed by atoms with van der Waals surface area (Å²) in [5, 5.41) is 10.5. The zero-order chi connectivity index (χ0) is 10.1. The van der Waals surface area contributed by atoms with Crippen LogP contribution < -0.4 is 0 Å². The van der Waals surface area contributed by atoms with Crippen molar-refractivity contribution in [3.05, 3.63) is 34.9 Å². The molecule has 0 aliphatic heterocycles. The molecule has 1 atom stereocenters. The van der Waals surface area contributed by atoms with Crippen LogP contribution in [0.4, 0.5) is 0 Å². The number of halogens is 1. The van der Waals surface area contributed by atoms with Crippen LogP contribution in [0.1, 0.15) is 32.3 Å². The van der Waals surface area contributed by atoms with Gasteiger partial charge in [0, 0.05) is 10.9 Å². The van der Waals surface area contributed by atoms with Crippen LogP contribution in [0.25, 0.3) is 0 Å². The van der Waals surface area contributed by atoms with Gasteiger partial charge in [0.25, 0.3) is 0 Å². The Morgan fingerprint density at radius 3 is 2.08 bits per heavy atom. The Bertz CT molecular complexity index is 271. The fourth-order valence-electron chi connectivity index (χ4n) is 1.16. The standard InChI is InChI=1S/C11H15ClO/c1-8(11(2,3)13)9-4-6-10(12)7-5-9/h4-8,13H,1-3H3. The van der Waals surface area contributed by atoms with E-state index in [1.165, 1.54) is 0 Å². The zero-order valence-electron chi connectivity index (χ0n) is 8.21. The Hall–Kier alpha value is -0.530. The van der Waals surface area contributed by atoms with Gasteiger partial charge in [-0.05, 0) is 31.5 Å². The van der Waals surface area contributed by atoms with Crippen LogP contribution in [0.3, 0.4) is 0 Å². The van der Waals surface area contributed by atoms with Gasteiger partial charge in [-0.25, -0.2) is 0 Å². The molecule has 0 saturated carbocycles. The van der Waals surface area contributed by atoms with Crippen molar-refractivity contribution in [2.24, 2.45) is 0 Å². The SMILES string of the molecule is CC(c1ccc(Cl)cc1)C(C)(C)O. The minimum Gasteiger partial charge on any atom is -0.390 e. The van der Waals surface area contributed by atoms with E-state index >= 15 is 0 Å². The van der Waals surface area contributed by atoms with E-state index in [0.717, 1.165) is 10.6 Å². The maximum atomic E-state index is 9.78. The molecule has 0 spiro atoms. The molecule has 13 heavy (non-hydrogen) atoms. The Morgan fingerprint density at radius 2 is 1.69 bits per heavy atom. The van der Waals surface area contributed by atoms with Crippen molar-refractivity contribution in [2.45, 2.75) is 32.3 Å². The Morgan fingerprint density at radius 1 is 1.23 bits per heavy atom. The highest BCUT2D eigenvalue weighted by atomic mass is 35.5. The summed E-state index contributed by atoms with van der Waals surface area (Å²) in [6.45, 7) is 5.63. The second-order valence-electron chi connectivity index (χ2n) is 3.93. The third kappa shape index (κ3) is 2.71. The highest BCUT2D eigenvalue weighted by molar-refractivity contribution is 6.30. The van der Waals surface area contributed by atoms with Gasteiger partial charge < -0.3 is 5.11 Å². The molecule has 0 saturated heterocycles. The van der Waals surface area contributed by atoms with Crippen molar-refractivity contribution in [2.75, 3.05) is 0 Å². The Kier molecular flexibility index (Phi) is 2.99. The van der Waals surface area contributed by atoms with Crippen LogP contribution >= 0.6 is 11.6 Å². The highest BCUT2D eigenvalue weighted by Gasteiger charge is 2.23. The summed E-state index contributed by atoms with van der Waals surface area (Å²) in [4.78, 5) is 0. The fraction of sp³-hybridized carbons (Fsp3) is 0.455. The topological polar surface area (TPSA) is 20.2 Å². The van der Waals surface area contributed by atoms with Gasteiger partial charge in [-0.2, -0.15) is 0 Å². The molecule has 0 aromatic heterocycles. The number of rotatable bonds is 2. The van der Waals surface area contributed by atoms with E-state index in [-0.39, 0.29) is 5.92 Å². The lowest BCUT2D eigenvalue weighted by atomic mass is 9.86. The van der Waals surface area contributed by atoms with Gasteiger partial charge in [-0.3, -0.25) is 0 Å². The number of benzene rings is 1. The van der Waals surface area contributed by atoms with Crippen LogP contribution in [-0.4, -0.2) is 10.7 Å². The first-order chi connectivity index (χ1) is 5.91. The molecule has 1 rings (SSSR count). The second kappa shape index (κ2) is 3.69. The molecule has 72 valence electrons. The second-order valence-corrected chi connectivity index (χ2v) is 4.36. The van der Waals surface area contributed by atoms with Gasteiger partial charge in [0.1, 0.15) is 0 Å². The summed E-state index contributed by atoms with van der Waals surface area (Å²) in [5.41, 5.74) is 0.422. The average Bonchev–Trinajstić information content (AvgIpc) is 2.03. The van der Waals surface area contributed by atoms with Crippen LogP contribution in [-0.2, 0) is 0 Å². The first-order valence-corrected chi connectivity index (χ1v) is 4.77. The summed E-state index contributed by atoms with van der Waals surface area (Å²) in [6.07, 6.45) is 0. The highest BCUT2D eigenvalue weighted by Crippen LogP contribution is 2.27. The largest absolute Gasteiger partial charge is 0.390 e. The van der Waals surface area contributed by atoms with Crippen molar-refractivity contribution < 1.29 is 5.11 Å². The summed E-state index contributed by atoms with van der Waals surface area (Å²) in [6, 6.07) is 7.59. The molecule has 1 aromatic rings. The van der Waals surface area contributed by atoms with Crippen molar-refractivity contribution in [1.82, 2.24) is 0 Å².